The number of hydrogen-bond donors (Lipinski definition) is 3. The first-order valence-electron chi connectivity index (χ1n) is 10.7. The molecule has 1 fully saturated rings. The first kappa shape index (κ1) is 23.2. The van der Waals surface area contributed by atoms with Crippen LogP contribution in [-0.4, -0.2) is 40.5 Å². The van der Waals surface area contributed by atoms with Crippen molar-refractivity contribution in [1.82, 2.24) is 4.90 Å². The highest BCUT2D eigenvalue weighted by molar-refractivity contribution is 6.07. The number of aliphatic carboxylic acids is 1. The zero-order chi connectivity index (χ0) is 23.3. The van der Waals surface area contributed by atoms with E-state index in [1.807, 2.05) is 32.0 Å². The molecule has 0 heterocycles. The van der Waals surface area contributed by atoms with E-state index in [1.165, 1.54) is 11.0 Å². The molecule has 3 amide bonds. The van der Waals surface area contributed by atoms with Crippen LogP contribution in [0.4, 0.5) is 20.6 Å². The lowest BCUT2D eigenvalue weighted by molar-refractivity contribution is -0.138. The van der Waals surface area contributed by atoms with Crippen LogP contribution >= 0.6 is 0 Å². The highest BCUT2D eigenvalue weighted by atomic mass is 19.1. The summed E-state index contributed by atoms with van der Waals surface area (Å²) in [5.41, 5.74) is 2.39. The number of nitrogens with one attached hydrogen (secondary N) is 2. The average Bonchev–Trinajstić information content (AvgIpc) is 2.75. The number of carboxylic acids is 1. The van der Waals surface area contributed by atoms with Crippen molar-refractivity contribution in [2.24, 2.45) is 0 Å². The van der Waals surface area contributed by atoms with Crippen molar-refractivity contribution in [3.63, 3.8) is 0 Å². The lowest BCUT2D eigenvalue weighted by atomic mass is 9.93. The second-order valence-electron chi connectivity index (χ2n) is 8.15. The molecule has 2 aromatic carbocycles. The average molecular weight is 442 g/mol. The van der Waals surface area contributed by atoms with Crippen LogP contribution in [-0.2, 0) is 4.79 Å². The maximum atomic E-state index is 14.0. The second-order valence-corrected chi connectivity index (χ2v) is 8.15. The van der Waals surface area contributed by atoms with E-state index in [2.05, 4.69) is 10.6 Å². The van der Waals surface area contributed by atoms with Gasteiger partial charge in [0.05, 0.1) is 11.3 Å². The summed E-state index contributed by atoms with van der Waals surface area (Å²) in [6, 6.07) is 8.24. The van der Waals surface area contributed by atoms with E-state index in [1.54, 1.807) is 0 Å². The molecule has 2 aromatic rings. The number of rotatable bonds is 6. The molecule has 0 unspecified atom stereocenters. The van der Waals surface area contributed by atoms with Crippen LogP contribution in [0.15, 0.2) is 36.4 Å². The molecule has 0 aromatic heterocycles. The maximum Gasteiger partial charge on any atom is 0.323 e. The van der Waals surface area contributed by atoms with Gasteiger partial charge in [0.25, 0.3) is 5.91 Å². The molecule has 0 bridgehead atoms. The SMILES string of the molecule is Cc1cccc(C)c1NC(=O)Nc1cc(F)ccc1C(=O)N(CC(=O)O)C1CCCCC1. The van der Waals surface area contributed by atoms with E-state index in [-0.39, 0.29) is 17.3 Å². The van der Waals surface area contributed by atoms with Crippen LogP contribution in [0.3, 0.4) is 0 Å². The largest absolute Gasteiger partial charge is 0.480 e. The van der Waals surface area contributed by atoms with E-state index >= 15 is 0 Å². The molecular weight excluding hydrogens is 413 g/mol. The molecule has 0 atom stereocenters. The third kappa shape index (κ3) is 5.63. The molecule has 1 aliphatic rings. The normalized spacial score (nSPS) is 14.0. The number of para-hydroxylation sites is 1. The van der Waals surface area contributed by atoms with Crippen LogP contribution in [0.25, 0.3) is 0 Å². The van der Waals surface area contributed by atoms with E-state index in [0.29, 0.717) is 5.69 Å². The zero-order valence-electron chi connectivity index (χ0n) is 18.3. The van der Waals surface area contributed by atoms with Gasteiger partial charge in [-0.1, -0.05) is 37.5 Å². The van der Waals surface area contributed by atoms with Gasteiger partial charge in [0.15, 0.2) is 0 Å². The Kier molecular flexibility index (Phi) is 7.45. The third-order valence-corrected chi connectivity index (χ3v) is 5.76. The number of benzene rings is 2. The van der Waals surface area contributed by atoms with Crippen molar-refractivity contribution >= 4 is 29.3 Å². The van der Waals surface area contributed by atoms with Gasteiger partial charge in [-0.25, -0.2) is 9.18 Å². The number of amides is 3. The number of urea groups is 1. The molecule has 8 heteroatoms. The Morgan fingerprint density at radius 2 is 1.69 bits per heavy atom. The van der Waals surface area contributed by atoms with E-state index < -0.39 is 30.3 Å². The number of carbonyl (C=O) groups excluding carboxylic acids is 2. The highest BCUT2D eigenvalue weighted by Crippen LogP contribution is 2.27. The molecule has 0 radical (unpaired) electrons. The first-order valence-corrected chi connectivity index (χ1v) is 10.7. The molecule has 1 aliphatic carbocycles. The molecule has 170 valence electrons. The molecule has 3 N–H and O–H groups in total. The first-order chi connectivity index (χ1) is 15.3. The van der Waals surface area contributed by atoms with E-state index in [9.17, 15) is 23.9 Å². The molecular formula is C24H28FN3O4. The summed E-state index contributed by atoms with van der Waals surface area (Å²) >= 11 is 0. The Bertz CT molecular complexity index is 998. The number of nitrogens with zero attached hydrogens (tertiary/aromatic N) is 1. The predicted molar refractivity (Wildman–Crippen MR) is 121 cm³/mol. The molecule has 0 spiro atoms. The number of aryl methyl sites for hydroxylation is 2. The fourth-order valence-corrected chi connectivity index (χ4v) is 4.14. The minimum Gasteiger partial charge on any atom is -0.480 e. The Morgan fingerprint density at radius 1 is 1.03 bits per heavy atom. The van der Waals surface area contributed by atoms with Gasteiger partial charge in [0.1, 0.15) is 12.4 Å². The Morgan fingerprint density at radius 3 is 2.31 bits per heavy atom. The van der Waals surface area contributed by atoms with Gasteiger partial charge in [0.2, 0.25) is 0 Å². The molecule has 32 heavy (non-hydrogen) atoms. The molecule has 1 saturated carbocycles. The van der Waals surface area contributed by atoms with Gasteiger partial charge >= 0.3 is 12.0 Å². The molecule has 3 rings (SSSR count). The highest BCUT2D eigenvalue weighted by Gasteiger charge is 2.29. The third-order valence-electron chi connectivity index (χ3n) is 5.76. The Hall–Kier alpha value is -3.42. The summed E-state index contributed by atoms with van der Waals surface area (Å²) in [5, 5.41) is 14.7. The standard InChI is InChI=1S/C24H28FN3O4/c1-15-7-6-8-16(2)22(15)27-24(32)26-20-13-17(25)11-12-19(20)23(31)28(14-21(29)30)18-9-4-3-5-10-18/h6-8,11-13,18H,3-5,9-10,14H2,1-2H3,(H,29,30)(H2,26,27,32). The monoisotopic (exact) mass is 441 g/mol. The molecule has 0 aliphatic heterocycles. The van der Waals surface area contributed by atoms with Crippen molar-refractivity contribution in [3.8, 4) is 0 Å². The van der Waals surface area contributed by atoms with Crippen LogP contribution in [0.5, 0.6) is 0 Å². The number of carboxylic acid groups (broad SMARTS) is 1. The summed E-state index contributed by atoms with van der Waals surface area (Å²) in [7, 11) is 0. The Labute approximate surface area is 186 Å². The van der Waals surface area contributed by atoms with E-state index in [4.69, 9.17) is 0 Å². The molecule has 7 nitrogen and oxygen atoms in total. The van der Waals surface area contributed by atoms with Crippen molar-refractivity contribution in [1.29, 1.82) is 0 Å². The zero-order valence-corrected chi connectivity index (χ0v) is 18.3. The van der Waals surface area contributed by atoms with Crippen LogP contribution < -0.4 is 10.6 Å². The van der Waals surface area contributed by atoms with Gasteiger partial charge in [-0.2, -0.15) is 0 Å². The maximum absolute atomic E-state index is 14.0. The quantitative estimate of drug-likeness (QED) is 0.591. The van der Waals surface area contributed by atoms with Crippen molar-refractivity contribution in [3.05, 3.63) is 58.9 Å². The van der Waals surface area contributed by atoms with Gasteiger partial charge in [0, 0.05) is 11.7 Å². The number of anilines is 2. The Balaban J connectivity index is 1.86. The van der Waals surface area contributed by atoms with Gasteiger partial charge in [-0.05, 0) is 56.0 Å². The number of hydrogen-bond acceptors (Lipinski definition) is 3. The summed E-state index contributed by atoms with van der Waals surface area (Å²) in [4.78, 5) is 38.7. The van der Waals surface area contributed by atoms with Crippen molar-refractivity contribution in [2.45, 2.75) is 52.0 Å². The topological polar surface area (TPSA) is 98.7 Å². The van der Waals surface area contributed by atoms with E-state index in [0.717, 1.165) is 55.4 Å². The minimum atomic E-state index is -1.12. The van der Waals surface area contributed by atoms with Crippen molar-refractivity contribution < 1.29 is 23.9 Å². The number of halogens is 1. The molecule has 0 saturated heterocycles. The van der Waals surface area contributed by atoms with Crippen LogP contribution in [0.2, 0.25) is 0 Å². The second kappa shape index (κ2) is 10.3. The van der Waals surface area contributed by atoms with Gasteiger partial charge in [-0.15, -0.1) is 0 Å². The smallest absolute Gasteiger partial charge is 0.323 e. The summed E-state index contributed by atoms with van der Waals surface area (Å²) < 4.78 is 14.0. The fourth-order valence-electron chi connectivity index (χ4n) is 4.14. The minimum absolute atomic E-state index is 0.00932. The summed E-state index contributed by atoms with van der Waals surface area (Å²) in [6.07, 6.45) is 4.32. The van der Waals surface area contributed by atoms with Crippen molar-refractivity contribution in [2.75, 3.05) is 17.2 Å². The predicted octanol–water partition coefficient (Wildman–Crippen LogP) is 4.95. The lowest BCUT2D eigenvalue weighted by Crippen LogP contribution is -2.44. The summed E-state index contributed by atoms with van der Waals surface area (Å²) in [6.45, 7) is 3.26. The lowest BCUT2D eigenvalue weighted by Gasteiger charge is -2.33. The van der Waals surface area contributed by atoms with Gasteiger partial charge in [-0.3, -0.25) is 9.59 Å². The van der Waals surface area contributed by atoms with Gasteiger partial charge < -0.3 is 20.6 Å². The fraction of sp³-hybridized carbons (Fsp3) is 0.375. The number of carbonyl (C=O) groups is 3. The van der Waals surface area contributed by atoms with Crippen LogP contribution in [0, 0.1) is 19.7 Å². The summed E-state index contributed by atoms with van der Waals surface area (Å²) in [5.74, 6) is -2.28. The van der Waals surface area contributed by atoms with Crippen LogP contribution in [0.1, 0.15) is 53.6 Å².